The summed E-state index contributed by atoms with van der Waals surface area (Å²) in [6, 6.07) is 3.65. The highest BCUT2D eigenvalue weighted by atomic mass is 35.5. The number of hydrogen-bond acceptors (Lipinski definition) is 5. The average molecular weight is 250 g/mol. The largest absolute Gasteiger partial charge is 0.378 e. The summed E-state index contributed by atoms with van der Waals surface area (Å²) in [5.74, 6) is 0.504. The van der Waals surface area contributed by atoms with E-state index in [1.807, 2.05) is 6.07 Å². The third-order valence-electron chi connectivity index (χ3n) is 2.08. The van der Waals surface area contributed by atoms with Crippen molar-refractivity contribution in [2.45, 2.75) is 6.61 Å². The minimum absolute atomic E-state index is 0.221. The van der Waals surface area contributed by atoms with Gasteiger partial charge in [0.25, 0.3) is 0 Å². The molecule has 0 radical (unpaired) electrons. The van der Waals surface area contributed by atoms with E-state index in [0.717, 1.165) is 0 Å². The Hall–Kier alpha value is -1.97. The fourth-order valence-electron chi connectivity index (χ4n) is 1.35. The van der Waals surface area contributed by atoms with Gasteiger partial charge in [-0.25, -0.2) is 14.6 Å². The lowest BCUT2D eigenvalue weighted by Gasteiger charge is -1.99. The van der Waals surface area contributed by atoms with Crippen LogP contribution in [-0.2, 0) is 11.3 Å². The monoisotopic (exact) mass is 249 g/mol. The number of methoxy groups -OCH3 is 1. The van der Waals surface area contributed by atoms with Gasteiger partial charge in [-0.2, -0.15) is 10.4 Å². The molecule has 0 saturated carbocycles. The summed E-state index contributed by atoms with van der Waals surface area (Å²) >= 11 is 6.06. The molecule has 0 unspecified atom stereocenters. The molecule has 0 amide bonds. The van der Waals surface area contributed by atoms with E-state index in [1.165, 1.54) is 18.1 Å². The van der Waals surface area contributed by atoms with Crippen molar-refractivity contribution in [3.63, 3.8) is 0 Å². The Morgan fingerprint density at radius 2 is 2.41 bits per heavy atom. The summed E-state index contributed by atoms with van der Waals surface area (Å²) in [5, 5.41) is 13.4. The molecule has 0 atom stereocenters. The molecule has 0 bridgehead atoms. The lowest BCUT2D eigenvalue weighted by atomic mass is 10.3. The van der Waals surface area contributed by atoms with Crippen LogP contribution in [0.1, 0.15) is 11.3 Å². The first-order valence-electron chi connectivity index (χ1n) is 4.70. The number of ether oxygens (including phenoxy) is 1. The van der Waals surface area contributed by atoms with Gasteiger partial charge in [-0.15, -0.1) is 0 Å². The van der Waals surface area contributed by atoms with Crippen LogP contribution in [0.5, 0.6) is 0 Å². The van der Waals surface area contributed by atoms with Crippen LogP contribution in [0.3, 0.4) is 0 Å². The molecule has 0 saturated heterocycles. The molecule has 7 heteroatoms. The minimum atomic E-state index is 0.221. The number of halogens is 1. The lowest BCUT2D eigenvalue weighted by molar-refractivity contribution is 0.181. The highest BCUT2D eigenvalue weighted by molar-refractivity contribution is 6.31. The average Bonchev–Trinajstić information content (AvgIpc) is 2.67. The Morgan fingerprint density at radius 3 is 3.00 bits per heavy atom. The molecule has 0 aromatic carbocycles. The van der Waals surface area contributed by atoms with E-state index in [-0.39, 0.29) is 11.8 Å². The zero-order chi connectivity index (χ0) is 12.3. The highest BCUT2D eigenvalue weighted by Gasteiger charge is 2.17. The van der Waals surface area contributed by atoms with Gasteiger partial charge in [-0.1, -0.05) is 11.6 Å². The highest BCUT2D eigenvalue weighted by Crippen LogP contribution is 2.22. The maximum Gasteiger partial charge on any atom is 0.158 e. The number of nitrogens with zero attached hydrogens (tertiary/aromatic N) is 5. The minimum Gasteiger partial charge on any atom is -0.378 e. The van der Waals surface area contributed by atoms with Crippen LogP contribution < -0.4 is 0 Å². The second kappa shape index (κ2) is 4.91. The first-order valence-corrected chi connectivity index (χ1v) is 5.08. The van der Waals surface area contributed by atoms with Crippen molar-refractivity contribution in [1.82, 2.24) is 19.7 Å². The molecular weight excluding hydrogens is 242 g/mol. The molecule has 2 heterocycles. The Labute approximate surface area is 102 Å². The number of nitriles is 1. The van der Waals surface area contributed by atoms with E-state index in [1.54, 1.807) is 12.3 Å². The quantitative estimate of drug-likeness (QED) is 0.820. The van der Waals surface area contributed by atoms with Crippen molar-refractivity contribution in [2.24, 2.45) is 0 Å². The van der Waals surface area contributed by atoms with Crippen LogP contribution in [0.4, 0.5) is 0 Å². The number of aromatic nitrogens is 4. The molecule has 0 fully saturated rings. The van der Waals surface area contributed by atoms with Crippen LogP contribution >= 0.6 is 11.6 Å². The fraction of sp³-hybridized carbons (Fsp3) is 0.200. The van der Waals surface area contributed by atoms with E-state index in [2.05, 4.69) is 15.1 Å². The van der Waals surface area contributed by atoms with E-state index in [0.29, 0.717) is 17.1 Å². The molecule has 0 spiro atoms. The predicted octanol–water partition coefficient (Wildman–Crippen LogP) is 1.33. The molecule has 0 aliphatic rings. The molecule has 6 nitrogen and oxygen atoms in total. The first kappa shape index (κ1) is 11.5. The van der Waals surface area contributed by atoms with E-state index < -0.39 is 0 Å². The molecule has 2 aromatic heterocycles. The zero-order valence-corrected chi connectivity index (χ0v) is 9.72. The lowest BCUT2D eigenvalue weighted by Crippen LogP contribution is -2.00. The molecule has 0 aliphatic heterocycles. The Balaban J connectivity index is 2.54. The summed E-state index contributed by atoms with van der Waals surface area (Å²) < 4.78 is 6.34. The molecule has 2 aromatic rings. The van der Waals surface area contributed by atoms with Crippen LogP contribution in [-0.4, -0.2) is 26.9 Å². The molecule has 86 valence electrons. The fourth-order valence-corrected chi connectivity index (χ4v) is 1.62. The van der Waals surface area contributed by atoms with Gasteiger partial charge in [0, 0.05) is 19.4 Å². The smallest absolute Gasteiger partial charge is 0.158 e. The third kappa shape index (κ3) is 2.11. The topological polar surface area (TPSA) is 76.6 Å². The summed E-state index contributed by atoms with van der Waals surface area (Å²) in [7, 11) is 1.53. The van der Waals surface area contributed by atoms with Crippen molar-refractivity contribution >= 4 is 11.6 Å². The maximum absolute atomic E-state index is 9.01. The van der Waals surface area contributed by atoms with Crippen LogP contribution in [0, 0.1) is 11.3 Å². The Morgan fingerprint density at radius 1 is 1.59 bits per heavy atom. The molecule has 17 heavy (non-hydrogen) atoms. The van der Waals surface area contributed by atoms with Crippen LogP contribution in [0.2, 0.25) is 5.15 Å². The van der Waals surface area contributed by atoms with E-state index in [9.17, 15) is 0 Å². The molecule has 0 aliphatic carbocycles. The number of rotatable bonds is 3. The second-order valence-corrected chi connectivity index (χ2v) is 3.49. The van der Waals surface area contributed by atoms with Gasteiger partial charge in [0.15, 0.2) is 11.0 Å². The summed E-state index contributed by atoms with van der Waals surface area (Å²) in [5.41, 5.74) is 0.783. The van der Waals surface area contributed by atoms with Gasteiger partial charge in [0.2, 0.25) is 0 Å². The maximum atomic E-state index is 9.01. The van der Waals surface area contributed by atoms with Crippen molar-refractivity contribution < 1.29 is 4.74 Å². The van der Waals surface area contributed by atoms with Crippen molar-refractivity contribution in [2.75, 3.05) is 7.11 Å². The predicted molar refractivity (Wildman–Crippen MR) is 59.6 cm³/mol. The van der Waals surface area contributed by atoms with E-state index in [4.69, 9.17) is 21.6 Å². The standard InChI is InChI=1S/C10H8ClN5O/c1-17-5-8-7(4-12)10(11)16(15-8)9-2-3-13-6-14-9/h2-3,6H,5H2,1H3. The van der Waals surface area contributed by atoms with Crippen LogP contribution in [0.15, 0.2) is 18.6 Å². The van der Waals surface area contributed by atoms with Crippen molar-refractivity contribution in [3.8, 4) is 11.9 Å². The first-order chi connectivity index (χ1) is 8.27. The van der Waals surface area contributed by atoms with Gasteiger partial charge in [0.1, 0.15) is 23.7 Å². The van der Waals surface area contributed by atoms with Gasteiger partial charge in [0.05, 0.1) is 6.61 Å². The summed E-state index contributed by atoms with van der Waals surface area (Å²) in [4.78, 5) is 7.81. The SMILES string of the molecule is COCc1nn(-c2ccncn2)c(Cl)c1C#N. The number of hydrogen-bond donors (Lipinski definition) is 0. The van der Waals surface area contributed by atoms with Crippen molar-refractivity contribution in [3.05, 3.63) is 35.0 Å². The third-order valence-corrected chi connectivity index (χ3v) is 2.43. The van der Waals surface area contributed by atoms with Gasteiger partial charge < -0.3 is 4.74 Å². The summed E-state index contributed by atoms with van der Waals surface area (Å²) in [6.45, 7) is 0.223. The molecule has 0 N–H and O–H groups in total. The Bertz CT molecular complexity index is 560. The Kier molecular flexibility index (Phi) is 3.32. The molecule has 2 rings (SSSR count). The zero-order valence-electron chi connectivity index (χ0n) is 8.96. The van der Waals surface area contributed by atoms with Crippen LogP contribution in [0.25, 0.3) is 5.82 Å². The van der Waals surface area contributed by atoms with Gasteiger partial charge >= 0.3 is 0 Å². The normalized spacial score (nSPS) is 10.2. The van der Waals surface area contributed by atoms with E-state index >= 15 is 0 Å². The van der Waals surface area contributed by atoms with Crippen molar-refractivity contribution in [1.29, 1.82) is 5.26 Å². The summed E-state index contributed by atoms with van der Waals surface area (Å²) in [6.07, 6.45) is 2.96. The van der Waals surface area contributed by atoms with Gasteiger partial charge in [-0.05, 0) is 0 Å². The van der Waals surface area contributed by atoms with Gasteiger partial charge in [-0.3, -0.25) is 0 Å². The molecular formula is C10H8ClN5O. The second-order valence-electron chi connectivity index (χ2n) is 3.14.